The van der Waals surface area contributed by atoms with E-state index in [9.17, 15) is 10.1 Å². The number of hydrogen-bond acceptors (Lipinski definition) is 2. The summed E-state index contributed by atoms with van der Waals surface area (Å²) in [6, 6.07) is 32.7. The Morgan fingerprint density at radius 1 is 0.704 bits per heavy atom. The summed E-state index contributed by atoms with van der Waals surface area (Å²) < 4.78 is 0. The predicted octanol–water partition coefficient (Wildman–Crippen LogP) is 5.38. The van der Waals surface area contributed by atoms with E-state index < -0.39 is 5.41 Å². The minimum Gasteiger partial charge on any atom is -0.300 e. The molecular formula is C25H21NO. The molecule has 2 nitrogen and oxygen atoms in total. The Labute approximate surface area is 160 Å². The van der Waals surface area contributed by atoms with Crippen molar-refractivity contribution in [2.24, 2.45) is 0 Å². The quantitative estimate of drug-likeness (QED) is 0.636. The number of carbonyl (C=O) groups is 1. The number of Topliss-reactive ketones (excluding diaryl/α,β-unsaturated/α-hetero) is 1. The summed E-state index contributed by atoms with van der Waals surface area (Å²) in [7, 11) is 0. The first kappa shape index (κ1) is 17.2. The van der Waals surface area contributed by atoms with Gasteiger partial charge in [0.1, 0.15) is 5.78 Å². The number of benzene rings is 3. The van der Waals surface area contributed by atoms with Crippen LogP contribution < -0.4 is 0 Å². The highest BCUT2D eigenvalue weighted by Crippen LogP contribution is 2.55. The van der Waals surface area contributed by atoms with Crippen molar-refractivity contribution in [3.05, 3.63) is 108 Å². The van der Waals surface area contributed by atoms with Crippen LogP contribution in [0.1, 0.15) is 41.4 Å². The third-order valence-corrected chi connectivity index (χ3v) is 5.80. The van der Waals surface area contributed by atoms with Crippen molar-refractivity contribution in [2.45, 2.75) is 30.1 Å². The van der Waals surface area contributed by atoms with Gasteiger partial charge in [-0.15, -0.1) is 0 Å². The first-order chi connectivity index (χ1) is 13.3. The average Bonchev–Trinajstić information content (AvgIpc) is 2.75. The van der Waals surface area contributed by atoms with E-state index in [0.29, 0.717) is 12.8 Å². The van der Waals surface area contributed by atoms with Gasteiger partial charge in [0.05, 0.1) is 11.5 Å². The van der Waals surface area contributed by atoms with Gasteiger partial charge in [-0.3, -0.25) is 4.79 Å². The molecule has 3 atom stereocenters. The maximum Gasteiger partial charge on any atom is 0.134 e. The zero-order valence-corrected chi connectivity index (χ0v) is 15.1. The summed E-state index contributed by atoms with van der Waals surface area (Å²) in [6.45, 7) is 0. The zero-order chi connectivity index (χ0) is 18.7. The third kappa shape index (κ3) is 2.96. The lowest BCUT2D eigenvalue weighted by atomic mass is 9.54. The second-order valence-electron chi connectivity index (χ2n) is 7.22. The average molecular weight is 351 g/mol. The molecule has 132 valence electrons. The van der Waals surface area contributed by atoms with Crippen molar-refractivity contribution >= 4 is 5.78 Å². The molecule has 0 saturated heterocycles. The maximum atomic E-state index is 12.8. The second-order valence-corrected chi connectivity index (χ2v) is 7.22. The van der Waals surface area contributed by atoms with Gasteiger partial charge < -0.3 is 0 Å². The van der Waals surface area contributed by atoms with Crippen LogP contribution in [0.5, 0.6) is 0 Å². The topological polar surface area (TPSA) is 40.9 Å². The number of nitrogens with zero attached hydrogens (tertiary/aromatic N) is 1. The number of hydrogen-bond donors (Lipinski definition) is 0. The molecule has 0 aromatic heterocycles. The highest BCUT2D eigenvalue weighted by atomic mass is 16.1. The Hall–Kier alpha value is -3.18. The van der Waals surface area contributed by atoms with Crippen LogP contribution in [0.4, 0.5) is 0 Å². The van der Waals surface area contributed by atoms with Crippen LogP contribution in [0.2, 0.25) is 0 Å². The van der Waals surface area contributed by atoms with Gasteiger partial charge in [-0.2, -0.15) is 5.26 Å². The Morgan fingerprint density at radius 2 is 1.11 bits per heavy atom. The van der Waals surface area contributed by atoms with Gasteiger partial charge in [0, 0.05) is 24.7 Å². The van der Waals surface area contributed by atoms with E-state index >= 15 is 0 Å². The van der Waals surface area contributed by atoms with E-state index in [1.54, 1.807) is 0 Å². The summed E-state index contributed by atoms with van der Waals surface area (Å²) in [4.78, 5) is 12.8. The fraction of sp³-hybridized carbons (Fsp3) is 0.200. The number of carbonyl (C=O) groups excluding carboxylic acids is 1. The fourth-order valence-corrected chi connectivity index (χ4v) is 4.57. The molecule has 1 unspecified atom stereocenters. The molecule has 3 aromatic carbocycles. The molecule has 0 aliphatic heterocycles. The molecule has 0 N–H and O–H groups in total. The van der Waals surface area contributed by atoms with Gasteiger partial charge in [-0.1, -0.05) is 91.0 Å². The van der Waals surface area contributed by atoms with Crippen LogP contribution in [0.15, 0.2) is 91.0 Å². The number of rotatable bonds is 3. The standard InChI is InChI=1S/C25H21NO/c26-18-25(21-14-8-3-9-15-21)23(19-10-4-1-5-11-19)16-22(27)17-24(25)20-12-6-2-7-13-20/h1-15,23-24H,16-17H2/t23-,24+,25?. The van der Waals surface area contributed by atoms with E-state index in [4.69, 9.17) is 0 Å². The highest BCUT2D eigenvalue weighted by Gasteiger charge is 2.52. The second kappa shape index (κ2) is 7.21. The number of ketones is 1. The minimum atomic E-state index is -0.780. The Kier molecular flexibility index (Phi) is 4.60. The molecule has 1 aliphatic carbocycles. The summed E-state index contributed by atoms with van der Waals surface area (Å²) >= 11 is 0. The minimum absolute atomic E-state index is 0.169. The largest absolute Gasteiger partial charge is 0.300 e. The smallest absolute Gasteiger partial charge is 0.134 e. The number of nitriles is 1. The SMILES string of the molecule is N#CC1(c2ccccc2)[C@@H](c2ccccc2)CC(=O)C[C@H]1c1ccccc1. The van der Waals surface area contributed by atoms with Crippen molar-refractivity contribution in [3.63, 3.8) is 0 Å². The van der Waals surface area contributed by atoms with Gasteiger partial charge in [-0.05, 0) is 16.7 Å². The van der Waals surface area contributed by atoms with E-state index in [1.807, 2.05) is 91.0 Å². The van der Waals surface area contributed by atoms with E-state index in [1.165, 1.54) is 0 Å². The fourth-order valence-electron chi connectivity index (χ4n) is 4.57. The summed E-state index contributed by atoms with van der Waals surface area (Å²) in [5.74, 6) is -0.116. The molecule has 0 heterocycles. The molecule has 1 fully saturated rings. The Morgan fingerprint density at radius 3 is 1.52 bits per heavy atom. The first-order valence-corrected chi connectivity index (χ1v) is 9.34. The van der Waals surface area contributed by atoms with Crippen molar-refractivity contribution in [1.29, 1.82) is 5.26 Å². The van der Waals surface area contributed by atoms with Crippen LogP contribution in [0, 0.1) is 11.3 Å². The molecule has 0 spiro atoms. The van der Waals surface area contributed by atoms with Gasteiger partial charge in [0.2, 0.25) is 0 Å². The van der Waals surface area contributed by atoms with Crippen molar-refractivity contribution in [3.8, 4) is 6.07 Å². The Balaban J connectivity index is 1.97. The van der Waals surface area contributed by atoms with Gasteiger partial charge in [0.25, 0.3) is 0 Å². The molecule has 27 heavy (non-hydrogen) atoms. The molecule has 0 bridgehead atoms. The molecule has 0 radical (unpaired) electrons. The normalized spacial score (nSPS) is 24.9. The molecule has 2 heteroatoms. The predicted molar refractivity (Wildman–Crippen MR) is 106 cm³/mol. The maximum absolute atomic E-state index is 12.8. The van der Waals surface area contributed by atoms with E-state index in [0.717, 1.165) is 16.7 Å². The summed E-state index contributed by atoms with van der Waals surface area (Å²) in [5.41, 5.74) is 2.31. The third-order valence-electron chi connectivity index (χ3n) is 5.80. The summed E-state index contributed by atoms with van der Waals surface area (Å²) in [6.07, 6.45) is 0.797. The van der Waals surface area contributed by atoms with Crippen LogP contribution in [0.25, 0.3) is 0 Å². The molecule has 3 aromatic rings. The first-order valence-electron chi connectivity index (χ1n) is 9.34. The highest BCUT2D eigenvalue weighted by molar-refractivity contribution is 5.83. The summed E-state index contributed by atoms with van der Waals surface area (Å²) in [5, 5.41) is 10.6. The van der Waals surface area contributed by atoms with Gasteiger partial charge in [0.15, 0.2) is 0 Å². The van der Waals surface area contributed by atoms with Gasteiger partial charge in [-0.25, -0.2) is 0 Å². The molecule has 0 amide bonds. The lowest BCUT2D eigenvalue weighted by Crippen LogP contribution is -2.44. The van der Waals surface area contributed by atoms with Crippen LogP contribution >= 0.6 is 0 Å². The van der Waals surface area contributed by atoms with E-state index in [-0.39, 0.29) is 17.6 Å². The van der Waals surface area contributed by atoms with Crippen LogP contribution in [-0.4, -0.2) is 5.78 Å². The van der Waals surface area contributed by atoms with Crippen LogP contribution in [-0.2, 0) is 10.2 Å². The zero-order valence-electron chi connectivity index (χ0n) is 15.1. The lowest BCUT2D eigenvalue weighted by Gasteiger charge is -2.45. The van der Waals surface area contributed by atoms with E-state index in [2.05, 4.69) is 6.07 Å². The molecule has 1 saturated carbocycles. The molecule has 4 rings (SSSR count). The van der Waals surface area contributed by atoms with Crippen LogP contribution in [0.3, 0.4) is 0 Å². The van der Waals surface area contributed by atoms with Crippen molar-refractivity contribution in [1.82, 2.24) is 0 Å². The molecular weight excluding hydrogens is 330 g/mol. The van der Waals surface area contributed by atoms with Crippen molar-refractivity contribution < 1.29 is 4.79 Å². The Bertz CT molecular complexity index is 906. The van der Waals surface area contributed by atoms with Crippen molar-refractivity contribution in [2.75, 3.05) is 0 Å². The lowest BCUT2D eigenvalue weighted by molar-refractivity contribution is -0.122. The monoisotopic (exact) mass is 351 g/mol. The molecule has 1 aliphatic rings. The van der Waals surface area contributed by atoms with Gasteiger partial charge >= 0.3 is 0 Å².